The van der Waals surface area contributed by atoms with Gasteiger partial charge in [-0.3, -0.25) is 46.5 Å². The first-order valence-corrected chi connectivity index (χ1v) is 19.5. The summed E-state index contributed by atoms with van der Waals surface area (Å²) in [5.74, 6) is 3.07. The number of nitro benzene ring substituents is 2. The lowest BCUT2D eigenvalue weighted by molar-refractivity contribution is -0.801. The number of allylic oxidation sites excluding steroid dienone is 2. The van der Waals surface area contributed by atoms with Crippen LogP contribution in [0.2, 0.25) is 0 Å². The Morgan fingerprint density at radius 1 is 0.844 bits per heavy atom. The number of carbonyl (C=O) groups excluding carboxylic acids is 1. The van der Waals surface area contributed by atoms with Crippen LogP contribution in [0, 0.1) is 43.5 Å². The number of carbonyl (C=O) groups is 2. The van der Waals surface area contributed by atoms with Gasteiger partial charge in [-0.15, -0.1) is 17.9 Å². The fourth-order valence-corrected chi connectivity index (χ4v) is 5.53. The highest BCUT2D eigenvalue weighted by atomic mass is 16.8. The molecule has 0 radical (unpaired) electrons. The van der Waals surface area contributed by atoms with Crippen LogP contribution in [0.25, 0.3) is 0 Å². The Hall–Kier alpha value is -6.36. The molecule has 2 aromatic rings. The van der Waals surface area contributed by atoms with E-state index in [4.69, 9.17) is 12.3 Å². The zero-order valence-electron chi connectivity index (χ0n) is 37.7. The van der Waals surface area contributed by atoms with Crippen molar-refractivity contribution in [2.24, 2.45) is 16.0 Å². The third-order valence-corrected chi connectivity index (χ3v) is 8.20. The number of aliphatic hydroxyl groups is 3. The van der Waals surface area contributed by atoms with Gasteiger partial charge in [-0.1, -0.05) is 76.5 Å². The summed E-state index contributed by atoms with van der Waals surface area (Å²) in [7, 11) is 0. The number of hydrogen-bond acceptors (Lipinski definition) is 18. The molecule has 23 nitrogen and oxygen atoms in total. The van der Waals surface area contributed by atoms with Gasteiger partial charge in [0, 0.05) is 18.6 Å². The number of benzene rings is 2. The molecule has 0 aliphatic heterocycles. The van der Waals surface area contributed by atoms with Crippen molar-refractivity contribution in [2.45, 2.75) is 122 Å². The zero-order chi connectivity index (χ0) is 49.5. The summed E-state index contributed by atoms with van der Waals surface area (Å²) in [6.07, 6.45) is 15.2. The molecule has 0 bridgehead atoms. The summed E-state index contributed by atoms with van der Waals surface area (Å²) in [4.78, 5) is 41.9. The first kappa shape index (κ1) is 59.7. The van der Waals surface area contributed by atoms with Crippen LogP contribution in [0.5, 0.6) is 0 Å². The van der Waals surface area contributed by atoms with Gasteiger partial charge in [-0.25, -0.2) is 0 Å². The number of anilines is 2. The van der Waals surface area contributed by atoms with Crippen molar-refractivity contribution in [3.63, 3.8) is 0 Å². The maximum Gasteiger partial charge on any atom is 0.306 e. The molecule has 358 valence electrons. The Balaban J connectivity index is -0.000000799. The molecule has 0 saturated carbocycles. The van der Waals surface area contributed by atoms with Crippen LogP contribution in [-0.4, -0.2) is 82.1 Å². The van der Waals surface area contributed by atoms with Gasteiger partial charge in [0.1, 0.15) is 18.5 Å². The van der Waals surface area contributed by atoms with Crippen LogP contribution in [0.4, 0.5) is 22.7 Å². The summed E-state index contributed by atoms with van der Waals surface area (Å²) in [6, 6.07) is 11.2. The number of carboxylic acids is 1. The summed E-state index contributed by atoms with van der Waals surface area (Å²) < 4.78 is 5.74. The van der Waals surface area contributed by atoms with Crippen LogP contribution >= 0.6 is 0 Å². The number of terminal acetylenes is 1. The summed E-state index contributed by atoms with van der Waals surface area (Å²) in [6.45, 7) is 10.4. The highest BCUT2D eigenvalue weighted by Gasteiger charge is 2.24. The number of rotatable bonds is 19. The highest BCUT2D eigenvalue weighted by molar-refractivity contribution is 6.01. The van der Waals surface area contributed by atoms with Crippen LogP contribution in [0.1, 0.15) is 101 Å². The predicted octanol–water partition coefficient (Wildman–Crippen LogP) is 3.36. The lowest BCUT2D eigenvalue weighted by atomic mass is 9.96. The second-order valence-corrected chi connectivity index (χ2v) is 14.6. The number of amides is 1. The lowest BCUT2D eigenvalue weighted by Crippen LogP contribution is -3.07. The number of nitro groups is 2. The molecule has 23 heteroatoms. The number of carboxylic acid groups (broad SMARTS) is 1. The number of nitrogens with one attached hydrogen (secondary N) is 4. The van der Waals surface area contributed by atoms with E-state index < -0.39 is 55.7 Å². The number of hydrazine groups is 2. The Kier molecular flexibility index (Phi) is 30.2. The minimum atomic E-state index is -1.30. The fraction of sp³-hybridized carbons (Fsp3) is 0.463. The van der Waals surface area contributed by atoms with E-state index in [0.717, 1.165) is 19.3 Å². The number of nitrogens with zero attached hydrogens (tertiary/aromatic N) is 4. The van der Waals surface area contributed by atoms with E-state index >= 15 is 0 Å². The predicted molar refractivity (Wildman–Crippen MR) is 240 cm³/mol. The van der Waals surface area contributed by atoms with Gasteiger partial charge >= 0.3 is 5.97 Å². The van der Waals surface area contributed by atoms with E-state index in [1.165, 1.54) is 48.9 Å². The average molecular weight is 906 g/mol. The van der Waals surface area contributed by atoms with Crippen molar-refractivity contribution in [3.05, 3.63) is 103 Å². The molecule has 4 unspecified atom stereocenters. The normalized spacial score (nSPS) is 16.1. The van der Waals surface area contributed by atoms with E-state index in [9.17, 15) is 60.7 Å². The minimum absolute atomic E-state index is 0. The number of nitrogens with two attached hydrogens (primary N) is 1. The molecule has 1 amide bonds. The number of nitrogen functional groups attached to an aromatic ring is 1. The van der Waals surface area contributed by atoms with Crippen molar-refractivity contribution in [1.29, 1.82) is 0 Å². The number of aliphatic carboxylic acids is 1. The monoisotopic (exact) mass is 905 g/mol. The summed E-state index contributed by atoms with van der Waals surface area (Å²) >= 11 is 0. The second kappa shape index (κ2) is 32.3. The van der Waals surface area contributed by atoms with Gasteiger partial charge in [0.25, 0.3) is 11.4 Å². The van der Waals surface area contributed by atoms with Crippen LogP contribution in [-0.2, 0) is 9.59 Å². The van der Waals surface area contributed by atoms with Gasteiger partial charge < -0.3 is 52.1 Å². The molecule has 1 aliphatic carbocycles. The van der Waals surface area contributed by atoms with Gasteiger partial charge in [0.05, 0.1) is 39.5 Å². The molecule has 0 fully saturated rings. The molecule has 1 aliphatic rings. The molecular weight excluding hydrogens is 842 g/mol. The van der Waals surface area contributed by atoms with Gasteiger partial charge in [-0.2, -0.15) is 5.10 Å². The Morgan fingerprint density at radius 3 is 1.70 bits per heavy atom. The summed E-state index contributed by atoms with van der Waals surface area (Å²) in [5, 5.41) is 97.7. The molecule has 0 aromatic heterocycles. The molecule has 0 spiro atoms. The third-order valence-electron chi connectivity index (χ3n) is 8.20. The Labute approximate surface area is 373 Å². The van der Waals surface area contributed by atoms with E-state index in [1.807, 2.05) is 20.8 Å². The Bertz CT molecular complexity index is 1920. The first-order chi connectivity index (χ1) is 29.9. The topological polar surface area (TPSA) is 392 Å². The van der Waals surface area contributed by atoms with Crippen molar-refractivity contribution in [3.8, 4) is 12.8 Å². The molecule has 3 rings (SSSR count). The number of hydroxylamine groups is 2. The first-order valence-electron chi connectivity index (χ1n) is 20.0. The molecular formula is C41H62N9O14-3. The molecule has 64 heavy (non-hydrogen) atoms. The average Bonchev–Trinajstić information content (AvgIpc) is 3.19. The quantitative estimate of drug-likeness (QED) is 0.0244. The fourth-order valence-electron chi connectivity index (χ4n) is 5.53. The van der Waals surface area contributed by atoms with Crippen molar-refractivity contribution in [2.75, 3.05) is 10.9 Å². The van der Waals surface area contributed by atoms with Crippen LogP contribution in [0.15, 0.2) is 83.0 Å². The van der Waals surface area contributed by atoms with Crippen molar-refractivity contribution in [1.82, 2.24) is 5.43 Å². The number of quaternary nitrogens is 1. The molecule has 4 atom stereocenters. The van der Waals surface area contributed by atoms with Crippen molar-refractivity contribution >= 4 is 46.2 Å². The molecule has 0 saturated heterocycles. The number of para-hydroxylation sites is 4. The van der Waals surface area contributed by atoms with E-state index in [-0.39, 0.29) is 47.5 Å². The van der Waals surface area contributed by atoms with Crippen molar-refractivity contribution < 1.29 is 57.0 Å². The SMILES string of the molecule is CCCC(C)(O)C/C([O-])=N/N=C1C=CC=CC1[NH+]([O-])[O-].CCCC(C)(O)CC(=O)NNc1ccccc1[N+](=O)[O-].CCCC(C)(O)CC(=O)O.NNc1ccccc1[N+](=O)[O-].[2H]C#C.[OH-]. The maximum absolute atomic E-state index is 11.7. The third kappa shape index (κ3) is 27.6. The highest BCUT2D eigenvalue weighted by Crippen LogP contribution is 2.23. The van der Waals surface area contributed by atoms with E-state index in [2.05, 4.69) is 32.9 Å². The zero-order valence-corrected chi connectivity index (χ0v) is 36.7. The second-order valence-electron chi connectivity index (χ2n) is 14.6. The summed E-state index contributed by atoms with van der Waals surface area (Å²) in [5.41, 5.74) is 4.37. The molecule has 2 aromatic carbocycles. The largest absolute Gasteiger partial charge is 0.870 e. The number of hydrogen-bond donors (Lipinski definition) is 9. The van der Waals surface area contributed by atoms with Gasteiger partial charge in [-0.05, 0) is 70.2 Å². The Morgan fingerprint density at radius 2 is 1.28 bits per heavy atom. The molecule has 0 heterocycles. The minimum Gasteiger partial charge on any atom is -0.870 e. The maximum atomic E-state index is 11.7. The van der Waals surface area contributed by atoms with E-state index in [1.54, 1.807) is 51.1 Å². The van der Waals surface area contributed by atoms with Gasteiger partial charge in [0.2, 0.25) is 5.91 Å². The lowest BCUT2D eigenvalue weighted by Gasteiger charge is -2.33. The van der Waals surface area contributed by atoms with Crippen LogP contribution in [0.3, 0.4) is 0 Å². The van der Waals surface area contributed by atoms with Crippen LogP contribution < -0.4 is 32.5 Å². The molecule has 11 N–H and O–H groups in total. The van der Waals surface area contributed by atoms with E-state index in [0.29, 0.717) is 24.9 Å². The smallest absolute Gasteiger partial charge is 0.306 e. The van der Waals surface area contributed by atoms with Gasteiger partial charge in [0.15, 0.2) is 6.04 Å². The standard InChI is InChI=1S/C13H20N3O4.C13H19N3O4.C7H14O3.C6H7N3O2.C2H2.H2O/c2*1-3-8-13(2,18)9-12(17)15-14-10-6-4-5-7-11(10)16(19)20;1-3-4-7(2,10)5-6(8)9;7-8-5-3-1-2-4-6(5)9(10)11;1-2;/h4-7,11,16,18H,3,8-9H2,1-2H3,(H,15,17);4-7,14,18H,3,8-9H2,1-2H3,(H,15,17);10H,3-5H2,1-2H3,(H,8,9);1-4,8H,7H2;1-2H;1H2/q-1;;;;;/p-2/i;;;;1D;.